The lowest BCUT2D eigenvalue weighted by Crippen LogP contribution is -2.29. The van der Waals surface area contributed by atoms with E-state index in [0.717, 1.165) is 31.5 Å². The van der Waals surface area contributed by atoms with Gasteiger partial charge >= 0.3 is 0 Å². The largest absolute Gasteiger partial charge is 0.319 e. The highest BCUT2D eigenvalue weighted by Gasteiger charge is 2.19. The van der Waals surface area contributed by atoms with Gasteiger partial charge in [0.05, 0.1) is 22.9 Å². The quantitative estimate of drug-likeness (QED) is 0.887. The number of aromatic nitrogens is 3. The van der Waals surface area contributed by atoms with Gasteiger partial charge in [0.15, 0.2) is 5.69 Å². The zero-order valence-electron chi connectivity index (χ0n) is 12.8. The Balaban J connectivity index is 0.00000192. The van der Waals surface area contributed by atoms with E-state index in [-0.39, 0.29) is 18.3 Å². The van der Waals surface area contributed by atoms with Crippen LogP contribution in [0.5, 0.6) is 0 Å². The third kappa shape index (κ3) is 4.22. The number of carbonyl (C=O) groups is 1. The molecule has 1 aliphatic rings. The number of hydrogen-bond acceptors (Lipinski definition) is 4. The zero-order chi connectivity index (χ0) is 15.5. The standard InChI is InChI=1S/C15H18ClN5O.ClH/c1-10-2-3-12(16)13(8-10)18-15(22)14-9-21(20-19-14)11-4-6-17-7-5-11;/h2-3,8-9,11,17H,4-7H2,1H3,(H,18,22);1H. The molecule has 6 nitrogen and oxygen atoms in total. The maximum absolute atomic E-state index is 12.3. The molecule has 0 saturated carbocycles. The highest BCUT2D eigenvalue weighted by molar-refractivity contribution is 6.33. The number of carbonyl (C=O) groups excluding carboxylic acids is 1. The van der Waals surface area contributed by atoms with E-state index in [9.17, 15) is 4.79 Å². The molecule has 8 heteroatoms. The van der Waals surface area contributed by atoms with E-state index in [1.165, 1.54) is 0 Å². The fraction of sp³-hybridized carbons (Fsp3) is 0.400. The number of benzene rings is 1. The summed E-state index contributed by atoms with van der Waals surface area (Å²) in [4.78, 5) is 12.3. The van der Waals surface area contributed by atoms with Crippen molar-refractivity contribution in [2.45, 2.75) is 25.8 Å². The van der Waals surface area contributed by atoms with E-state index < -0.39 is 0 Å². The van der Waals surface area contributed by atoms with Gasteiger partial charge in [-0.15, -0.1) is 17.5 Å². The maximum atomic E-state index is 12.3. The highest BCUT2D eigenvalue weighted by atomic mass is 35.5. The van der Waals surface area contributed by atoms with Crippen molar-refractivity contribution >= 4 is 35.6 Å². The predicted octanol–water partition coefficient (Wildman–Crippen LogP) is 2.84. The molecule has 0 spiro atoms. The van der Waals surface area contributed by atoms with Gasteiger partial charge in [-0.1, -0.05) is 22.9 Å². The molecule has 0 radical (unpaired) electrons. The monoisotopic (exact) mass is 355 g/mol. The molecule has 0 unspecified atom stereocenters. The fourth-order valence-electron chi connectivity index (χ4n) is 2.55. The number of amides is 1. The minimum absolute atomic E-state index is 0. The van der Waals surface area contributed by atoms with Crippen molar-refractivity contribution in [1.82, 2.24) is 20.3 Å². The molecule has 1 fully saturated rings. The first kappa shape index (κ1) is 17.7. The van der Waals surface area contributed by atoms with Crippen LogP contribution in [0, 0.1) is 6.92 Å². The zero-order valence-corrected chi connectivity index (χ0v) is 14.3. The van der Waals surface area contributed by atoms with Crippen LogP contribution < -0.4 is 10.6 Å². The average molecular weight is 356 g/mol. The lowest BCUT2D eigenvalue weighted by Gasteiger charge is -2.22. The Labute approximate surface area is 146 Å². The lowest BCUT2D eigenvalue weighted by molar-refractivity contribution is 0.102. The SMILES string of the molecule is Cc1ccc(Cl)c(NC(=O)c2cn(C3CCNCC3)nn2)c1.Cl. The van der Waals surface area contributed by atoms with Gasteiger partial charge in [-0.3, -0.25) is 4.79 Å². The van der Waals surface area contributed by atoms with Crippen LogP contribution in [0.15, 0.2) is 24.4 Å². The molecule has 0 atom stereocenters. The number of nitrogens with one attached hydrogen (secondary N) is 2. The molecule has 2 aromatic rings. The number of nitrogens with zero attached hydrogens (tertiary/aromatic N) is 3. The Hall–Kier alpha value is -1.63. The summed E-state index contributed by atoms with van der Waals surface area (Å²) in [6.45, 7) is 3.87. The minimum atomic E-state index is -0.298. The Kier molecular flexibility index (Phi) is 5.98. The Morgan fingerprint density at radius 1 is 1.39 bits per heavy atom. The van der Waals surface area contributed by atoms with E-state index in [1.807, 2.05) is 19.1 Å². The van der Waals surface area contributed by atoms with Crippen molar-refractivity contribution in [3.63, 3.8) is 0 Å². The van der Waals surface area contributed by atoms with E-state index in [0.29, 0.717) is 22.4 Å². The molecule has 1 aliphatic heterocycles. The fourth-order valence-corrected chi connectivity index (χ4v) is 2.72. The normalized spacial score (nSPS) is 15.0. The molecule has 2 N–H and O–H groups in total. The van der Waals surface area contributed by atoms with Crippen molar-refractivity contribution in [1.29, 1.82) is 0 Å². The molecule has 0 bridgehead atoms. The van der Waals surface area contributed by atoms with Crippen LogP contribution >= 0.6 is 24.0 Å². The van der Waals surface area contributed by atoms with Crippen LogP contribution in [-0.4, -0.2) is 34.0 Å². The molecule has 0 aliphatic carbocycles. The number of hydrogen-bond donors (Lipinski definition) is 2. The van der Waals surface area contributed by atoms with Gasteiger partial charge in [0, 0.05) is 0 Å². The first-order valence-electron chi connectivity index (χ1n) is 7.33. The van der Waals surface area contributed by atoms with Crippen molar-refractivity contribution in [2.75, 3.05) is 18.4 Å². The Morgan fingerprint density at radius 2 is 2.13 bits per heavy atom. The second kappa shape index (κ2) is 7.77. The molecule has 1 aromatic heterocycles. The summed E-state index contributed by atoms with van der Waals surface area (Å²) in [6.07, 6.45) is 3.69. The Bertz CT molecular complexity index is 682. The van der Waals surface area contributed by atoms with E-state index in [1.54, 1.807) is 16.9 Å². The van der Waals surface area contributed by atoms with Crippen LogP contribution in [0.2, 0.25) is 5.02 Å². The summed E-state index contributed by atoms with van der Waals surface area (Å²) in [5.74, 6) is -0.298. The van der Waals surface area contributed by atoms with Gasteiger partial charge in [-0.2, -0.15) is 0 Å². The number of rotatable bonds is 3. The van der Waals surface area contributed by atoms with Crippen LogP contribution in [-0.2, 0) is 0 Å². The van der Waals surface area contributed by atoms with Gasteiger partial charge in [-0.05, 0) is 50.6 Å². The first-order valence-corrected chi connectivity index (χ1v) is 7.71. The van der Waals surface area contributed by atoms with Crippen molar-refractivity contribution in [2.24, 2.45) is 0 Å². The Morgan fingerprint density at radius 3 is 2.87 bits per heavy atom. The number of anilines is 1. The summed E-state index contributed by atoms with van der Waals surface area (Å²) in [5.41, 5.74) is 1.91. The highest BCUT2D eigenvalue weighted by Crippen LogP contribution is 2.23. The summed E-state index contributed by atoms with van der Waals surface area (Å²) < 4.78 is 1.79. The van der Waals surface area contributed by atoms with Gasteiger partial charge in [0.2, 0.25) is 0 Å². The number of aryl methyl sites for hydroxylation is 1. The third-order valence-corrected chi connectivity index (χ3v) is 4.13. The second-order valence-corrected chi connectivity index (χ2v) is 5.91. The summed E-state index contributed by atoms with van der Waals surface area (Å²) in [6, 6.07) is 5.79. The van der Waals surface area contributed by atoms with Gasteiger partial charge in [-0.25, -0.2) is 4.68 Å². The smallest absolute Gasteiger partial charge is 0.277 e. The van der Waals surface area contributed by atoms with Crippen molar-refractivity contribution in [3.05, 3.63) is 40.7 Å². The average Bonchev–Trinajstić information content (AvgIpc) is 3.02. The molecular formula is C15H19Cl2N5O. The predicted molar refractivity (Wildman–Crippen MR) is 92.6 cm³/mol. The maximum Gasteiger partial charge on any atom is 0.277 e. The molecule has 2 heterocycles. The van der Waals surface area contributed by atoms with Gasteiger partial charge in [0.1, 0.15) is 0 Å². The second-order valence-electron chi connectivity index (χ2n) is 5.50. The number of piperidine rings is 1. The summed E-state index contributed by atoms with van der Waals surface area (Å²) in [7, 11) is 0. The molecule has 3 rings (SSSR count). The molecule has 1 amide bonds. The summed E-state index contributed by atoms with van der Waals surface area (Å²) >= 11 is 6.09. The number of halogens is 2. The van der Waals surface area contributed by atoms with Gasteiger partial charge in [0.25, 0.3) is 5.91 Å². The molecular weight excluding hydrogens is 337 g/mol. The van der Waals surface area contributed by atoms with Crippen LogP contribution in [0.3, 0.4) is 0 Å². The lowest BCUT2D eigenvalue weighted by atomic mass is 10.1. The summed E-state index contributed by atoms with van der Waals surface area (Å²) in [5, 5.41) is 14.7. The topological polar surface area (TPSA) is 71.8 Å². The first-order chi connectivity index (χ1) is 10.6. The van der Waals surface area contributed by atoms with Crippen LogP contribution in [0.25, 0.3) is 0 Å². The van der Waals surface area contributed by atoms with E-state index in [4.69, 9.17) is 11.6 Å². The molecule has 1 aromatic carbocycles. The molecule has 23 heavy (non-hydrogen) atoms. The van der Waals surface area contributed by atoms with Crippen LogP contribution in [0.4, 0.5) is 5.69 Å². The third-order valence-electron chi connectivity index (χ3n) is 3.80. The van der Waals surface area contributed by atoms with E-state index >= 15 is 0 Å². The van der Waals surface area contributed by atoms with Crippen LogP contribution in [0.1, 0.15) is 34.9 Å². The molecule has 1 saturated heterocycles. The van der Waals surface area contributed by atoms with Crippen molar-refractivity contribution < 1.29 is 4.79 Å². The molecule has 124 valence electrons. The van der Waals surface area contributed by atoms with Crippen molar-refractivity contribution in [3.8, 4) is 0 Å². The van der Waals surface area contributed by atoms with Gasteiger partial charge < -0.3 is 10.6 Å². The van der Waals surface area contributed by atoms with E-state index in [2.05, 4.69) is 20.9 Å². The minimum Gasteiger partial charge on any atom is -0.319 e.